The second kappa shape index (κ2) is 12.5. The minimum Gasteiger partial charge on any atom is -0.461 e. The number of esters is 2. The van der Waals surface area contributed by atoms with Gasteiger partial charge in [-0.15, -0.1) is 0 Å². The number of amides is 1. The molecule has 12 heteroatoms. The highest BCUT2D eigenvalue weighted by Crippen LogP contribution is 2.39. The smallest absolute Gasteiger partial charge is 0.408 e. The number of nitrogens with zero attached hydrogens (tertiary/aromatic N) is 2. The number of nitrogen functional groups attached to an aromatic ring is 1. The topological polar surface area (TPSA) is 125 Å². The number of halogens is 2. The van der Waals surface area contributed by atoms with Gasteiger partial charge in [-0.05, 0) is 92.0 Å². The van der Waals surface area contributed by atoms with Crippen molar-refractivity contribution in [3.8, 4) is 0 Å². The van der Waals surface area contributed by atoms with Gasteiger partial charge in [0.1, 0.15) is 28.4 Å². The summed E-state index contributed by atoms with van der Waals surface area (Å²) in [6, 6.07) is 4.23. The van der Waals surface area contributed by atoms with E-state index in [1.54, 1.807) is 59.1 Å². The molecule has 0 spiro atoms. The molecule has 0 unspecified atom stereocenters. The van der Waals surface area contributed by atoms with Crippen LogP contribution in [-0.2, 0) is 20.8 Å². The van der Waals surface area contributed by atoms with Gasteiger partial charge in [0.2, 0.25) is 0 Å². The third-order valence-corrected chi connectivity index (χ3v) is 7.25. The van der Waals surface area contributed by atoms with E-state index in [9.17, 15) is 18.8 Å². The van der Waals surface area contributed by atoms with Crippen LogP contribution in [0.25, 0.3) is 0 Å². The molecule has 0 radical (unpaired) electrons. The zero-order valence-corrected chi connectivity index (χ0v) is 27.2. The molecule has 1 aliphatic heterocycles. The van der Waals surface area contributed by atoms with Crippen molar-refractivity contribution in [2.24, 2.45) is 0 Å². The summed E-state index contributed by atoms with van der Waals surface area (Å²) in [5.41, 5.74) is 4.66. The molecule has 1 aromatic carbocycles. The average Bonchev–Trinajstić information content (AvgIpc) is 3.10. The van der Waals surface area contributed by atoms with Gasteiger partial charge in [0.15, 0.2) is 5.69 Å². The molecule has 1 amide bonds. The van der Waals surface area contributed by atoms with Gasteiger partial charge >= 0.3 is 18.0 Å². The van der Waals surface area contributed by atoms with Gasteiger partial charge in [-0.1, -0.05) is 15.9 Å². The minimum absolute atomic E-state index is 0.00187. The van der Waals surface area contributed by atoms with Crippen LogP contribution in [0.1, 0.15) is 94.6 Å². The fraction of sp³-hybridized carbons (Fsp3) is 0.567. The first kappa shape index (κ1) is 33.2. The van der Waals surface area contributed by atoms with Gasteiger partial charge in [0, 0.05) is 17.6 Å². The molecule has 1 fully saturated rings. The first-order chi connectivity index (χ1) is 19.3. The predicted molar refractivity (Wildman–Crippen MR) is 162 cm³/mol. The summed E-state index contributed by atoms with van der Waals surface area (Å²) in [5, 5.41) is 2.98. The van der Waals surface area contributed by atoms with Crippen LogP contribution in [-0.4, -0.2) is 59.0 Å². The van der Waals surface area contributed by atoms with Crippen molar-refractivity contribution in [3.05, 3.63) is 45.3 Å². The third-order valence-electron chi connectivity index (χ3n) is 6.48. The maximum absolute atomic E-state index is 14.3. The normalized spacial score (nSPS) is 17.5. The second-order valence-corrected chi connectivity index (χ2v) is 13.6. The molecule has 2 heterocycles. The Morgan fingerprint density at radius 3 is 2.33 bits per heavy atom. The van der Waals surface area contributed by atoms with E-state index in [2.05, 4.69) is 21.2 Å². The molecule has 1 aromatic heterocycles. The number of carbonyl (C=O) groups is 3. The molecule has 42 heavy (non-hydrogen) atoms. The Morgan fingerprint density at radius 2 is 1.74 bits per heavy atom. The fourth-order valence-electron chi connectivity index (χ4n) is 4.96. The Bertz CT molecular complexity index is 1350. The van der Waals surface area contributed by atoms with Crippen molar-refractivity contribution in [1.82, 2.24) is 9.88 Å². The van der Waals surface area contributed by atoms with E-state index in [1.165, 1.54) is 12.1 Å². The third kappa shape index (κ3) is 8.17. The molecule has 3 rings (SSSR count). The summed E-state index contributed by atoms with van der Waals surface area (Å²) in [4.78, 5) is 41.7. The van der Waals surface area contributed by atoms with Crippen molar-refractivity contribution < 1.29 is 33.0 Å². The minimum atomic E-state index is -0.854. The van der Waals surface area contributed by atoms with Crippen LogP contribution in [0.5, 0.6) is 0 Å². The molecule has 0 aliphatic carbocycles. The lowest BCUT2D eigenvalue weighted by Crippen LogP contribution is -2.58. The number of hydrogen-bond acceptors (Lipinski definition) is 8. The number of anilines is 2. The molecule has 232 valence electrons. The van der Waals surface area contributed by atoms with Gasteiger partial charge < -0.3 is 34.7 Å². The van der Waals surface area contributed by atoms with E-state index < -0.39 is 40.6 Å². The molecule has 1 atom stereocenters. The van der Waals surface area contributed by atoms with Crippen LogP contribution in [0, 0.1) is 5.82 Å². The molecular formula is C30H42BrFN4O6. The van der Waals surface area contributed by atoms with Crippen molar-refractivity contribution >= 4 is 45.5 Å². The molecule has 2 aromatic rings. The highest BCUT2D eigenvalue weighted by atomic mass is 79.9. The van der Waals surface area contributed by atoms with E-state index in [1.807, 2.05) is 11.8 Å². The maximum atomic E-state index is 14.3. The Kier molecular flexibility index (Phi) is 9.91. The van der Waals surface area contributed by atoms with E-state index >= 15 is 0 Å². The van der Waals surface area contributed by atoms with Crippen LogP contribution in [0.3, 0.4) is 0 Å². The quantitative estimate of drug-likeness (QED) is 0.274. The number of rotatable bonds is 7. The molecule has 10 nitrogen and oxygen atoms in total. The molecule has 3 N–H and O–H groups in total. The zero-order valence-electron chi connectivity index (χ0n) is 25.7. The van der Waals surface area contributed by atoms with Crippen LogP contribution in [0.2, 0.25) is 0 Å². The van der Waals surface area contributed by atoms with Crippen LogP contribution in [0.4, 0.5) is 20.7 Å². The molecular weight excluding hydrogens is 611 g/mol. The Balaban J connectivity index is 2.22. The molecule has 1 saturated heterocycles. The maximum Gasteiger partial charge on any atom is 0.408 e. The van der Waals surface area contributed by atoms with Crippen molar-refractivity contribution in [2.75, 3.05) is 30.3 Å². The number of nitrogens with one attached hydrogen (secondary N) is 1. The number of carbonyl (C=O) groups excluding carboxylic acids is 3. The van der Waals surface area contributed by atoms with Crippen molar-refractivity contribution in [2.45, 2.75) is 91.5 Å². The summed E-state index contributed by atoms with van der Waals surface area (Å²) >= 11 is 3.47. The Morgan fingerprint density at radius 1 is 1.10 bits per heavy atom. The summed E-state index contributed by atoms with van der Waals surface area (Å²) in [5.74, 6) is -1.60. The number of hydrogen-bond donors (Lipinski definition) is 2. The van der Waals surface area contributed by atoms with Crippen LogP contribution >= 0.6 is 15.9 Å². The summed E-state index contributed by atoms with van der Waals surface area (Å²) < 4.78 is 33.1. The lowest BCUT2D eigenvalue weighted by Gasteiger charge is -2.42. The Labute approximate surface area is 255 Å². The summed E-state index contributed by atoms with van der Waals surface area (Å²) in [7, 11) is 0. The second-order valence-electron chi connectivity index (χ2n) is 12.7. The number of benzene rings is 1. The van der Waals surface area contributed by atoms with E-state index in [0.717, 1.165) is 0 Å². The van der Waals surface area contributed by atoms with Gasteiger partial charge in [0.05, 0.1) is 24.4 Å². The number of alkyl carbamates (subject to hydrolysis) is 1. The monoisotopic (exact) mass is 652 g/mol. The van der Waals surface area contributed by atoms with Crippen molar-refractivity contribution in [3.63, 3.8) is 0 Å². The number of aromatic nitrogens is 1. The first-order valence-electron chi connectivity index (χ1n) is 14.0. The van der Waals surface area contributed by atoms with Crippen LogP contribution in [0.15, 0.2) is 22.7 Å². The highest BCUT2D eigenvalue weighted by molar-refractivity contribution is 9.10. The van der Waals surface area contributed by atoms with Gasteiger partial charge in [-0.25, -0.2) is 18.8 Å². The SMILES string of the molecule is CCOC(=O)c1c(N)c(C(=O)OC(C)(C)C)c(N2CCC[C@@](C)(NC(=O)OC(C)(C)C)C2)n1Cc1cc(F)ccc1Br. The van der Waals surface area contributed by atoms with Gasteiger partial charge in [-0.2, -0.15) is 0 Å². The van der Waals surface area contributed by atoms with E-state index in [-0.39, 0.29) is 36.6 Å². The highest BCUT2D eigenvalue weighted by Gasteiger charge is 2.40. The Hall–Kier alpha value is -3.28. The van der Waals surface area contributed by atoms with Crippen LogP contribution < -0.4 is 16.0 Å². The average molecular weight is 654 g/mol. The number of piperidine rings is 1. The standard InChI is InChI=1S/C30H42BrFN4O6/c1-9-40-26(38)23-22(33)21(25(37)41-28(2,3)4)24(36(23)16-18-15-19(32)11-12-20(18)31)35-14-10-13-30(8,17-35)34-27(39)42-29(5,6)7/h11-12,15H,9-10,13-14,16-17,33H2,1-8H3,(H,34,39)/t30-/m1/s1. The van der Waals surface area contributed by atoms with E-state index in [0.29, 0.717) is 35.2 Å². The van der Waals surface area contributed by atoms with Gasteiger partial charge in [-0.3, -0.25) is 0 Å². The molecule has 1 aliphatic rings. The summed E-state index contributed by atoms with van der Waals surface area (Å²) in [6.45, 7) is 14.9. The number of ether oxygens (including phenoxy) is 3. The lowest BCUT2D eigenvalue weighted by atomic mass is 9.91. The lowest BCUT2D eigenvalue weighted by molar-refractivity contribution is 0.00703. The molecule has 0 saturated carbocycles. The first-order valence-corrected chi connectivity index (χ1v) is 14.8. The zero-order chi connectivity index (χ0) is 31.6. The summed E-state index contributed by atoms with van der Waals surface area (Å²) in [6.07, 6.45) is 0.717. The van der Waals surface area contributed by atoms with E-state index in [4.69, 9.17) is 19.9 Å². The van der Waals surface area contributed by atoms with Crippen molar-refractivity contribution in [1.29, 1.82) is 0 Å². The fourth-order valence-corrected chi connectivity index (χ4v) is 5.34. The number of nitrogens with two attached hydrogens (primary N) is 1. The predicted octanol–water partition coefficient (Wildman–Crippen LogP) is 6.04. The van der Waals surface area contributed by atoms with Gasteiger partial charge in [0.25, 0.3) is 0 Å². The largest absolute Gasteiger partial charge is 0.461 e. The molecule has 0 bridgehead atoms.